The second kappa shape index (κ2) is 3.52. The average molecular weight is 202 g/mol. The summed E-state index contributed by atoms with van der Waals surface area (Å²) in [6.07, 6.45) is -0.812. The van der Waals surface area contributed by atoms with Crippen molar-refractivity contribution >= 4 is 18.5 Å². The third-order valence-electron chi connectivity index (χ3n) is 2.28. The molecule has 7 heteroatoms. The van der Waals surface area contributed by atoms with Gasteiger partial charge in [-0.05, 0) is 0 Å². The summed E-state index contributed by atoms with van der Waals surface area (Å²) < 4.78 is 0. The van der Waals surface area contributed by atoms with E-state index in [1.165, 1.54) is 0 Å². The number of hydrogen-bond donors (Lipinski definition) is 3. The van der Waals surface area contributed by atoms with Gasteiger partial charge in [-0.1, -0.05) is 0 Å². The van der Waals surface area contributed by atoms with Gasteiger partial charge in [0, 0.05) is 13.0 Å². The monoisotopic (exact) mass is 202 g/mol. The number of aliphatic carboxylic acids is 1. The van der Waals surface area contributed by atoms with E-state index in [1.807, 2.05) is 0 Å². The second-order valence-corrected chi connectivity index (χ2v) is 3.10. The first-order valence-electron chi connectivity index (χ1n) is 3.94. The number of hydrogen-bond acceptors (Lipinski definition) is 3. The van der Waals surface area contributed by atoms with Crippen LogP contribution < -0.4 is 5.32 Å². The van der Waals surface area contributed by atoms with Crippen LogP contribution in [0, 0.1) is 0 Å². The van der Waals surface area contributed by atoms with E-state index in [1.54, 1.807) is 0 Å². The molecule has 0 radical (unpaired) electrons. The Kier molecular flexibility index (Phi) is 2.59. The topological polar surface area (TPSA) is 107 Å². The van der Waals surface area contributed by atoms with Crippen molar-refractivity contribution in [3.8, 4) is 0 Å². The van der Waals surface area contributed by atoms with Crippen LogP contribution in [0.4, 0.5) is 4.79 Å². The van der Waals surface area contributed by atoms with Gasteiger partial charge < -0.3 is 20.4 Å². The number of carbonyl (C=O) groups is 3. The zero-order valence-electron chi connectivity index (χ0n) is 7.27. The van der Waals surface area contributed by atoms with Crippen LogP contribution in [0.15, 0.2) is 0 Å². The van der Waals surface area contributed by atoms with Crippen molar-refractivity contribution < 1.29 is 24.6 Å². The minimum absolute atomic E-state index is 0.0906. The predicted octanol–water partition coefficient (Wildman–Crippen LogP) is -1.06. The maximum atomic E-state index is 10.8. The summed E-state index contributed by atoms with van der Waals surface area (Å²) >= 11 is 0. The molecule has 1 heterocycles. The highest BCUT2D eigenvalue weighted by molar-refractivity contribution is 5.83. The first-order valence-corrected chi connectivity index (χ1v) is 3.94. The molecule has 2 amide bonds. The van der Waals surface area contributed by atoms with Crippen LogP contribution in [0.25, 0.3) is 0 Å². The van der Waals surface area contributed by atoms with Crippen LogP contribution in [0.1, 0.15) is 6.42 Å². The van der Waals surface area contributed by atoms with Crippen molar-refractivity contribution in [2.24, 2.45) is 0 Å². The summed E-state index contributed by atoms with van der Waals surface area (Å²) in [5, 5.41) is 19.6. The predicted molar refractivity (Wildman–Crippen MR) is 43.8 cm³/mol. The van der Waals surface area contributed by atoms with E-state index < -0.39 is 17.6 Å². The van der Waals surface area contributed by atoms with E-state index in [-0.39, 0.29) is 25.9 Å². The lowest BCUT2D eigenvalue weighted by Gasteiger charge is -2.22. The van der Waals surface area contributed by atoms with Gasteiger partial charge in [0.1, 0.15) is 0 Å². The maximum absolute atomic E-state index is 10.8. The van der Waals surface area contributed by atoms with Crippen molar-refractivity contribution in [3.63, 3.8) is 0 Å². The molecule has 0 aromatic carbocycles. The molecule has 3 N–H and O–H groups in total. The minimum atomic E-state index is -1.46. The lowest BCUT2D eigenvalue weighted by Crippen LogP contribution is -2.53. The smallest absolute Gasteiger partial charge is 0.407 e. The van der Waals surface area contributed by atoms with Crippen LogP contribution >= 0.6 is 0 Å². The number of carboxylic acids is 1. The largest absolute Gasteiger partial charge is 0.479 e. The number of amides is 2. The highest BCUT2D eigenvalue weighted by Crippen LogP contribution is 2.21. The van der Waals surface area contributed by atoms with Crippen LogP contribution in [0.3, 0.4) is 0 Å². The summed E-state index contributed by atoms with van der Waals surface area (Å²) in [6.45, 7) is -0.0983. The number of rotatable bonds is 3. The lowest BCUT2D eigenvalue weighted by molar-refractivity contribution is -0.145. The maximum Gasteiger partial charge on any atom is 0.407 e. The highest BCUT2D eigenvalue weighted by atomic mass is 16.4. The molecule has 14 heavy (non-hydrogen) atoms. The van der Waals surface area contributed by atoms with E-state index in [0.29, 0.717) is 0 Å². The van der Waals surface area contributed by atoms with E-state index >= 15 is 0 Å². The zero-order chi connectivity index (χ0) is 10.8. The van der Waals surface area contributed by atoms with Crippen molar-refractivity contribution in [2.75, 3.05) is 13.1 Å². The Bertz CT molecular complexity index is 279. The van der Waals surface area contributed by atoms with E-state index in [2.05, 4.69) is 5.32 Å². The first-order chi connectivity index (χ1) is 6.52. The quantitative estimate of drug-likeness (QED) is 0.505. The zero-order valence-corrected chi connectivity index (χ0v) is 7.27. The van der Waals surface area contributed by atoms with Gasteiger partial charge in [-0.15, -0.1) is 0 Å². The number of carboxylic acid groups (broad SMARTS) is 2. The molecule has 78 valence electrons. The summed E-state index contributed by atoms with van der Waals surface area (Å²) in [7, 11) is 0. The standard InChI is InChI=1S/C7H10N2O5/c10-4-8-7(5(11)12)1-2-9(3-7)6(13)14/h4H,1-3H2,(H,8,10)(H,11,12)(H,13,14). The van der Waals surface area contributed by atoms with E-state index in [4.69, 9.17) is 10.2 Å². The summed E-state index contributed by atoms with van der Waals surface area (Å²) in [4.78, 5) is 32.5. The average Bonchev–Trinajstić information content (AvgIpc) is 2.50. The van der Waals surface area contributed by atoms with Gasteiger partial charge in [-0.25, -0.2) is 9.59 Å². The Labute approximate surface area is 79.3 Å². The van der Waals surface area contributed by atoms with Crippen LogP contribution in [0.2, 0.25) is 0 Å². The Morgan fingerprint density at radius 3 is 2.43 bits per heavy atom. The molecule has 7 nitrogen and oxygen atoms in total. The molecule has 1 atom stereocenters. The molecule has 1 saturated heterocycles. The third kappa shape index (κ3) is 1.61. The fourth-order valence-corrected chi connectivity index (χ4v) is 1.44. The third-order valence-corrected chi connectivity index (χ3v) is 2.28. The number of carbonyl (C=O) groups excluding carboxylic acids is 1. The first kappa shape index (κ1) is 10.3. The number of likely N-dealkylation sites (tertiary alicyclic amines) is 1. The molecular weight excluding hydrogens is 192 g/mol. The van der Waals surface area contributed by atoms with Crippen molar-refractivity contribution in [2.45, 2.75) is 12.0 Å². The molecule has 0 aromatic rings. The Hall–Kier alpha value is -1.79. The summed E-state index contributed by atoms with van der Waals surface area (Å²) in [5.41, 5.74) is -1.46. The van der Waals surface area contributed by atoms with Gasteiger partial charge in [-0.3, -0.25) is 4.79 Å². The molecule has 1 fully saturated rings. The van der Waals surface area contributed by atoms with Gasteiger partial charge >= 0.3 is 12.1 Å². The van der Waals surface area contributed by atoms with Crippen LogP contribution in [-0.2, 0) is 9.59 Å². The second-order valence-electron chi connectivity index (χ2n) is 3.10. The van der Waals surface area contributed by atoms with Gasteiger partial charge in [0.15, 0.2) is 5.54 Å². The fourth-order valence-electron chi connectivity index (χ4n) is 1.44. The normalized spacial score (nSPS) is 25.9. The van der Waals surface area contributed by atoms with Gasteiger partial charge in [0.05, 0.1) is 6.54 Å². The van der Waals surface area contributed by atoms with Crippen molar-refractivity contribution in [1.82, 2.24) is 10.2 Å². The van der Waals surface area contributed by atoms with Crippen LogP contribution in [0.5, 0.6) is 0 Å². The molecule has 0 saturated carbocycles. The number of nitrogens with zero attached hydrogens (tertiary/aromatic N) is 1. The lowest BCUT2D eigenvalue weighted by atomic mass is 9.99. The Morgan fingerprint density at radius 2 is 2.07 bits per heavy atom. The Balaban J connectivity index is 2.78. The Morgan fingerprint density at radius 1 is 1.43 bits per heavy atom. The highest BCUT2D eigenvalue weighted by Gasteiger charge is 2.46. The van der Waals surface area contributed by atoms with Crippen molar-refractivity contribution in [1.29, 1.82) is 0 Å². The van der Waals surface area contributed by atoms with Gasteiger partial charge in [0.25, 0.3) is 0 Å². The molecule has 0 aliphatic carbocycles. The SMILES string of the molecule is O=CNC1(C(=O)O)CCN(C(=O)O)C1. The van der Waals surface area contributed by atoms with Gasteiger partial charge in [-0.2, -0.15) is 0 Å². The molecule has 1 rings (SSSR count). The molecule has 1 unspecified atom stereocenters. The minimum Gasteiger partial charge on any atom is -0.479 e. The molecule has 1 aliphatic heterocycles. The van der Waals surface area contributed by atoms with Crippen molar-refractivity contribution in [3.05, 3.63) is 0 Å². The molecule has 0 bridgehead atoms. The molecule has 1 aliphatic rings. The summed E-state index contributed by atoms with van der Waals surface area (Å²) in [5.74, 6) is -1.21. The molecular formula is C7H10N2O5. The van der Waals surface area contributed by atoms with E-state index in [0.717, 1.165) is 4.90 Å². The molecule has 0 aromatic heterocycles. The number of nitrogens with one attached hydrogen (secondary N) is 1. The fraction of sp³-hybridized carbons (Fsp3) is 0.571. The molecule has 0 spiro atoms. The van der Waals surface area contributed by atoms with Crippen LogP contribution in [-0.4, -0.2) is 52.2 Å². The van der Waals surface area contributed by atoms with E-state index in [9.17, 15) is 14.4 Å². The van der Waals surface area contributed by atoms with Gasteiger partial charge in [0.2, 0.25) is 6.41 Å². The summed E-state index contributed by atoms with van der Waals surface area (Å²) in [6, 6.07) is 0.